The molecule has 1 unspecified atom stereocenters. The van der Waals surface area contributed by atoms with Gasteiger partial charge in [0, 0.05) is 67.7 Å². The molecule has 3 saturated heterocycles. The number of terminal acetylenes is 1. The molecule has 4 aromatic rings. The van der Waals surface area contributed by atoms with Crippen molar-refractivity contribution in [1.29, 1.82) is 5.26 Å². The molecule has 1 N–H and O–H groups in total. The van der Waals surface area contributed by atoms with E-state index in [2.05, 4.69) is 26.9 Å². The van der Waals surface area contributed by atoms with Gasteiger partial charge >= 0.3 is 6.01 Å². The predicted molar refractivity (Wildman–Crippen MR) is 176 cm³/mol. The average Bonchev–Trinajstić information content (AvgIpc) is 3.62. The highest BCUT2D eigenvalue weighted by Crippen LogP contribution is 2.43. The van der Waals surface area contributed by atoms with Crippen LogP contribution in [0.25, 0.3) is 32.8 Å². The molecule has 9 nitrogen and oxygen atoms in total. The molecule has 0 radical (unpaired) electrons. The van der Waals surface area contributed by atoms with Gasteiger partial charge in [-0.15, -0.1) is 6.42 Å². The van der Waals surface area contributed by atoms with Crippen LogP contribution < -0.4 is 19.7 Å². The summed E-state index contributed by atoms with van der Waals surface area (Å²) in [4.78, 5) is 13.1. The Labute approximate surface area is 278 Å². The van der Waals surface area contributed by atoms with Gasteiger partial charge < -0.3 is 24.4 Å². The van der Waals surface area contributed by atoms with Crippen molar-refractivity contribution in [3.63, 3.8) is 0 Å². The van der Waals surface area contributed by atoms with Gasteiger partial charge in [-0.1, -0.05) is 18.1 Å². The number of nitriles is 1. The number of methoxy groups -OCH3 is 1. The normalized spacial score (nSPS) is 23.2. The number of piperazine rings is 1. The van der Waals surface area contributed by atoms with Gasteiger partial charge in [0.2, 0.25) is 0 Å². The number of fused-ring (bicyclic) bond motifs is 3. The lowest BCUT2D eigenvalue weighted by molar-refractivity contribution is 0.0512. The molecule has 48 heavy (non-hydrogen) atoms. The number of nitrogens with one attached hydrogen (secondary N) is 1. The van der Waals surface area contributed by atoms with Crippen LogP contribution in [0.3, 0.4) is 0 Å². The van der Waals surface area contributed by atoms with E-state index in [1.54, 1.807) is 29.2 Å². The molecule has 3 atom stereocenters. The Bertz CT molecular complexity index is 2000. The smallest absolute Gasteiger partial charge is 0.319 e. The molecule has 7 rings (SSSR count). The molecule has 3 aliphatic rings. The summed E-state index contributed by atoms with van der Waals surface area (Å²) in [5.74, 6) is 1.36. The second-order valence-electron chi connectivity index (χ2n) is 12.6. The van der Waals surface area contributed by atoms with Crippen molar-refractivity contribution < 1.29 is 28.8 Å². The summed E-state index contributed by atoms with van der Waals surface area (Å²) in [6.07, 6.45) is 6.96. The van der Waals surface area contributed by atoms with Gasteiger partial charge in [0.1, 0.15) is 37.1 Å². The van der Waals surface area contributed by atoms with E-state index in [0.717, 1.165) is 19.4 Å². The Balaban J connectivity index is 1.40. The maximum absolute atomic E-state index is 17.1. The monoisotopic (exact) mass is 657 g/mol. The lowest BCUT2D eigenvalue weighted by Crippen LogP contribution is -2.51. The first-order chi connectivity index (χ1) is 23.7. The quantitative estimate of drug-likeness (QED) is 0.189. The maximum Gasteiger partial charge on any atom is 0.319 e. The summed E-state index contributed by atoms with van der Waals surface area (Å²) in [6.45, 7) is 1.96. The number of rotatable bonds is 9. The van der Waals surface area contributed by atoms with Crippen LogP contribution in [0.4, 0.5) is 19.0 Å². The van der Waals surface area contributed by atoms with Gasteiger partial charge in [-0.2, -0.15) is 15.2 Å². The van der Waals surface area contributed by atoms with Gasteiger partial charge in [-0.25, -0.2) is 13.2 Å². The summed E-state index contributed by atoms with van der Waals surface area (Å²) in [6, 6.07) is 11.2. The molecule has 0 aliphatic carbocycles. The molecular weight excluding hydrogens is 621 g/mol. The molecule has 0 bridgehead atoms. The number of nitrogens with zero attached hydrogens (tertiary/aromatic N) is 5. The third-order valence-electron chi connectivity index (χ3n) is 9.61. The highest BCUT2D eigenvalue weighted by Gasteiger charge is 2.49. The minimum absolute atomic E-state index is 0.0831. The molecule has 4 heterocycles. The van der Waals surface area contributed by atoms with E-state index in [1.807, 2.05) is 0 Å². The summed E-state index contributed by atoms with van der Waals surface area (Å²) < 4.78 is 73.4. The number of halogens is 3. The summed E-state index contributed by atoms with van der Waals surface area (Å²) in [7, 11) is 1.47. The molecule has 3 aromatic carbocycles. The molecule has 3 aliphatic heterocycles. The summed E-state index contributed by atoms with van der Waals surface area (Å²) >= 11 is 0. The number of hydrogen-bond acceptors (Lipinski definition) is 9. The predicted octanol–water partition coefficient (Wildman–Crippen LogP) is 5.34. The Kier molecular flexibility index (Phi) is 8.39. The van der Waals surface area contributed by atoms with Gasteiger partial charge in [0.15, 0.2) is 12.6 Å². The Morgan fingerprint density at radius 3 is 2.88 bits per heavy atom. The van der Waals surface area contributed by atoms with Crippen LogP contribution in [0, 0.1) is 35.3 Å². The molecule has 1 aromatic heterocycles. The van der Waals surface area contributed by atoms with Gasteiger partial charge in [0.25, 0.3) is 0 Å². The Morgan fingerprint density at radius 1 is 1.19 bits per heavy atom. The maximum atomic E-state index is 17.1. The largest absolute Gasteiger partial charge is 0.468 e. The van der Waals surface area contributed by atoms with Gasteiger partial charge in [-0.05, 0) is 49.0 Å². The zero-order chi connectivity index (χ0) is 34.3. The fraction of sp³-hybridized carbons (Fsp3) is 0.417. The number of hydrogen-bond donors (Lipinski definition) is 1. The number of aromatic nitrogens is 2. The second kappa shape index (κ2) is 13.1. The Hall–Kier alpha value is -4.62. The van der Waals surface area contributed by atoms with Crippen LogP contribution in [0.2, 0.25) is 1.41 Å². The van der Waals surface area contributed by atoms with Crippen LogP contribution in [-0.2, 0) is 4.74 Å². The van der Waals surface area contributed by atoms with E-state index < -0.39 is 29.4 Å². The molecule has 12 heteroatoms. The first kappa shape index (κ1) is 30.7. The van der Waals surface area contributed by atoms with E-state index in [4.69, 9.17) is 22.0 Å². The van der Waals surface area contributed by atoms with Gasteiger partial charge in [0.05, 0.1) is 23.6 Å². The van der Waals surface area contributed by atoms with E-state index in [-0.39, 0.29) is 66.8 Å². The first-order valence-electron chi connectivity index (χ1n) is 16.4. The van der Waals surface area contributed by atoms with Crippen LogP contribution in [0.5, 0.6) is 11.8 Å². The topological polar surface area (TPSA) is 95.8 Å². The number of benzene rings is 3. The highest BCUT2D eigenvalue weighted by atomic mass is 19.1. The standard InChI is InChI=1S/C36H35F3N6O3/c1-3-22-6-4-7-23-14-26(48-21-46-2)15-27(30(22)23)31-29(38)16-28-33(32(31)39)42-35(43-34(28)44-13-11-41-25(19-44)8-10-40)47-20-36-9-5-12-45(36)18-24(37)17-36/h1,4,6-7,14-16,24-25,41H,5,8-9,11-13,17-21H2,2H3/t24-,25?,36+/m1/s1/i/hD. The van der Waals surface area contributed by atoms with E-state index in [0.29, 0.717) is 41.6 Å². The summed E-state index contributed by atoms with van der Waals surface area (Å²) in [5.41, 5.74) is -0.418. The highest BCUT2D eigenvalue weighted by molar-refractivity contribution is 6.04. The zero-order valence-electron chi connectivity index (χ0n) is 27.5. The number of anilines is 1. The number of alkyl halides is 1. The molecule has 248 valence electrons. The SMILES string of the molecule is [2H]N1CCN(c2nc(OC[C@@]34CCCN3C[C@H](F)C4)nc3c(F)c(-c4cc(OCOC)cc5cccc(C#C)c45)c(F)cc23)CC1CC#N. The van der Waals surface area contributed by atoms with Crippen LogP contribution in [-0.4, -0.2) is 85.9 Å². The zero-order valence-corrected chi connectivity index (χ0v) is 26.5. The van der Waals surface area contributed by atoms with Crippen LogP contribution >= 0.6 is 0 Å². The summed E-state index contributed by atoms with van der Waals surface area (Å²) in [5, 5.41) is 11.9. The van der Waals surface area contributed by atoms with Crippen molar-refractivity contribution >= 4 is 27.5 Å². The fourth-order valence-electron chi connectivity index (χ4n) is 7.48. The van der Waals surface area contributed by atoms with Gasteiger partial charge in [-0.3, -0.25) is 4.90 Å². The third kappa shape index (κ3) is 5.74. The van der Waals surface area contributed by atoms with E-state index >= 15 is 8.78 Å². The second-order valence-corrected chi connectivity index (χ2v) is 12.6. The van der Waals surface area contributed by atoms with E-state index in [9.17, 15) is 9.65 Å². The van der Waals surface area contributed by atoms with Crippen LogP contribution in [0.1, 0.15) is 31.2 Å². The van der Waals surface area contributed by atoms with Crippen molar-refractivity contribution in [3.8, 4) is 41.3 Å². The molecular formula is C36H35F3N6O3. The fourth-order valence-corrected chi connectivity index (χ4v) is 7.48. The van der Waals surface area contributed by atoms with E-state index in [1.165, 1.54) is 24.6 Å². The van der Waals surface area contributed by atoms with Crippen molar-refractivity contribution in [2.75, 3.05) is 58.1 Å². The Morgan fingerprint density at radius 2 is 2.06 bits per heavy atom. The third-order valence-corrected chi connectivity index (χ3v) is 9.61. The molecule has 0 amide bonds. The van der Waals surface area contributed by atoms with Crippen molar-refractivity contribution in [1.82, 2.24) is 20.2 Å². The lowest BCUT2D eigenvalue weighted by Gasteiger charge is -2.34. The van der Waals surface area contributed by atoms with Crippen molar-refractivity contribution in [2.24, 2.45) is 0 Å². The van der Waals surface area contributed by atoms with Crippen molar-refractivity contribution in [3.05, 3.63) is 53.6 Å². The average molecular weight is 658 g/mol. The van der Waals surface area contributed by atoms with Crippen molar-refractivity contribution in [2.45, 2.75) is 43.4 Å². The minimum atomic E-state index is -0.968. The number of ether oxygens (including phenoxy) is 3. The molecule has 0 spiro atoms. The lowest BCUT2D eigenvalue weighted by atomic mass is 9.93. The first-order valence-corrected chi connectivity index (χ1v) is 16.0. The minimum Gasteiger partial charge on any atom is -0.468 e. The molecule has 0 saturated carbocycles. The molecule has 3 fully saturated rings. The van der Waals surface area contributed by atoms with Crippen LogP contribution in [0.15, 0.2) is 36.4 Å².